The van der Waals surface area contributed by atoms with Crippen molar-refractivity contribution >= 4 is 34.7 Å². The Morgan fingerprint density at radius 2 is 1.86 bits per heavy atom. The Balaban J connectivity index is 1.55. The van der Waals surface area contributed by atoms with Gasteiger partial charge in [-0.25, -0.2) is 9.97 Å². The van der Waals surface area contributed by atoms with E-state index in [0.717, 1.165) is 11.3 Å². The third-order valence-electron chi connectivity index (χ3n) is 4.15. The Morgan fingerprint density at radius 1 is 1.04 bits per heavy atom. The molecule has 0 aliphatic carbocycles. The second kappa shape index (κ2) is 7.36. The molecule has 0 bridgehead atoms. The first kappa shape index (κ1) is 18.1. The van der Waals surface area contributed by atoms with E-state index in [1.54, 1.807) is 31.2 Å². The molecule has 8 heteroatoms. The monoisotopic (exact) mass is 396 g/mol. The van der Waals surface area contributed by atoms with Gasteiger partial charge in [-0.15, -0.1) is 0 Å². The maximum atomic E-state index is 12.7. The lowest BCUT2D eigenvalue weighted by molar-refractivity contribution is 0.102. The number of nitrogens with one attached hydrogen (secondary N) is 2. The highest BCUT2D eigenvalue weighted by Gasteiger charge is 2.15. The van der Waals surface area contributed by atoms with Crippen molar-refractivity contribution in [2.75, 3.05) is 17.4 Å². The molecule has 1 aliphatic rings. The van der Waals surface area contributed by atoms with Crippen molar-refractivity contribution < 1.29 is 14.3 Å². The average Bonchev–Trinajstić information content (AvgIpc) is 3.11. The highest BCUT2D eigenvalue weighted by atomic mass is 35.5. The predicted molar refractivity (Wildman–Crippen MR) is 107 cm³/mol. The van der Waals surface area contributed by atoms with E-state index in [-0.39, 0.29) is 18.4 Å². The molecule has 142 valence electrons. The summed E-state index contributed by atoms with van der Waals surface area (Å²) < 4.78 is 10.7. The lowest BCUT2D eigenvalue weighted by Gasteiger charge is -2.11. The molecule has 0 saturated carbocycles. The Labute approximate surface area is 166 Å². The largest absolute Gasteiger partial charge is 0.454 e. The highest BCUT2D eigenvalue weighted by molar-refractivity contribution is 6.30. The minimum absolute atomic E-state index is 0.208. The maximum absolute atomic E-state index is 12.7. The minimum Gasteiger partial charge on any atom is -0.454 e. The summed E-state index contributed by atoms with van der Waals surface area (Å²) in [5.74, 6) is 2.01. The van der Waals surface area contributed by atoms with Crippen LogP contribution in [0.3, 0.4) is 0 Å². The number of halogens is 1. The van der Waals surface area contributed by atoms with Crippen LogP contribution < -0.4 is 20.1 Å². The van der Waals surface area contributed by atoms with Crippen molar-refractivity contribution in [3.63, 3.8) is 0 Å². The van der Waals surface area contributed by atoms with Gasteiger partial charge in [-0.3, -0.25) is 4.79 Å². The van der Waals surface area contributed by atoms with Crippen LogP contribution in [-0.2, 0) is 0 Å². The van der Waals surface area contributed by atoms with Crippen LogP contribution in [0.4, 0.5) is 17.2 Å². The summed E-state index contributed by atoms with van der Waals surface area (Å²) in [5.41, 5.74) is 2.56. The molecule has 0 unspecified atom stereocenters. The SMILES string of the molecule is Cc1nc(Nc2ccc3c(c2)OCO3)cc(C(=O)Nc2ccc(Cl)cc2C)n1. The number of aromatic nitrogens is 2. The van der Waals surface area contributed by atoms with Crippen LogP contribution in [0.25, 0.3) is 0 Å². The number of carbonyl (C=O) groups excluding carboxylic acids is 1. The lowest BCUT2D eigenvalue weighted by Crippen LogP contribution is -2.16. The Bertz CT molecular complexity index is 1070. The second-order valence-corrected chi connectivity index (χ2v) is 6.73. The standard InChI is InChI=1S/C20H17ClN4O3/c1-11-7-13(21)3-5-15(11)25-20(26)16-9-19(23-12(2)22-16)24-14-4-6-17-18(8-14)28-10-27-17/h3-9H,10H2,1-2H3,(H,25,26)(H,22,23,24). The highest BCUT2D eigenvalue weighted by Crippen LogP contribution is 2.35. The number of fused-ring (bicyclic) bond motifs is 1. The van der Waals surface area contributed by atoms with Gasteiger partial charge in [0, 0.05) is 28.5 Å². The van der Waals surface area contributed by atoms with Gasteiger partial charge in [0.05, 0.1) is 0 Å². The zero-order valence-electron chi connectivity index (χ0n) is 15.2. The van der Waals surface area contributed by atoms with E-state index in [9.17, 15) is 4.79 Å². The van der Waals surface area contributed by atoms with Crippen LogP contribution in [0, 0.1) is 13.8 Å². The molecule has 2 heterocycles. The molecule has 7 nitrogen and oxygen atoms in total. The van der Waals surface area contributed by atoms with Gasteiger partial charge in [0.1, 0.15) is 17.3 Å². The molecule has 2 aromatic carbocycles. The first-order chi connectivity index (χ1) is 13.5. The topological polar surface area (TPSA) is 85.4 Å². The molecule has 0 fully saturated rings. The van der Waals surface area contributed by atoms with E-state index in [1.165, 1.54) is 0 Å². The van der Waals surface area contributed by atoms with Crippen molar-refractivity contribution in [1.82, 2.24) is 9.97 Å². The van der Waals surface area contributed by atoms with Crippen LogP contribution in [0.1, 0.15) is 21.9 Å². The Hall–Kier alpha value is -3.32. The fourth-order valence-electron chi connectivity index (χ4n) is 2.82. The van der Waals surface area contributed by atoms with Gasteiger partial charge in [0.15, 0.2) is 11.5 Å². The van der Waals surface area contributed by atoms with E-state index < -0.39 is 0 Å². The van der Waals surface area contributed by atoms with E-state index in [2.05, 4.69) is 20.6 Å². The molecule has 3 aromatic rings. The fourth-order valence-corrected chi connectivity index (χ4v) is 3.05. The van der Waals surface area contributed by atoms with Gasteiger partial charge >= 0.3 is 0 Å². The molecule has 0 atom stereocenters. The van der Waals surface area contributed by atoms with E-state index in [1.807, 2.05) is 25.1 Å². The number of rotatable bonds is 4. The molecule has 1 amide bonds. The van der Waals surface area contributed by atoms with E-state index >= 15 is 0 Å². The molecule has 1 aromatic heterocycles. The fraction of sp³-hybridized carbons (Fsp3) is 0.150. The summed E-state index contributed by atoms with van der Waals surface area (Å²) in [5, 5.41) is 6.64. The molecule has 28 heavy (non-hydrogen) atoms. The first-order valence-corrected chi connectivity index (χ1v) is 8.95. The molecule has 2 N–H and O–H groups in total. The van der Waals surface area contributed by atoms with E-state index in [4.69, 9.17) is 21.1 Å². The molecular weight excluding hydrogens is 380 g/mol. The number of amides is 1. The lowest BCUT2D eigenvalue weighted by atomic mass is 10.2. The quantitative estimate of drug-likeness (QED) is 0.676. The van der Waals surface area contributed by atoms with Crippen molar-refractivity contribution in [3.8, 4) is 11.5 Å². The number of carbonyl (C=O) groups is 1. The van der Waals surface area contributed by atoms with Crippen molar-refractivity contribution in [2.24, 2.45) is 0 Å². The summed E-state index contributed by atoms with van der Waals surface area (Å²) in [6.07, 6.45) is 0. The van der Waals surface area contributed by atoms with Crippen LogP contribution in [0.5, 0.6) is 11.5 Å². The third kappa shape index (κ3) is 3.84. The summed E-state index contributed by atoms with van der Waals surface area (Å²) in [6, 6.07) is 12.3. The summed E-state index contributed by atoms with van der Waals surface area (Å²) in [4.78, 5) is 21.3. The summed E-state index contributed by atoms with van der Waals surface area (Å²) in [7, 11) is 0. The smallest absolute Gasteiger partial charge is 0.274 e. The number of nitrogens with zero attached hydrogens (tertiary/aromatic N) is 2. The van der Waals surface area contributed by atoms with Crippen LogP contribution >= 0.6 is 11.6 Å². The van der Waals surface area contributed by atoms with Crippen molar-refractivity contribution in [2.45, 2.75) is 13.8 Å². The minimum atomic E-state index is -0.329. The van der Waals surface area contributed by atoms with Gasteiger partial charge in [-0.2, -0.15) is 0 Å². The first-order valence-electron chi connectivity index (χ1n) is 8.58. The van der Waals surface area contributed by atoms with Crippen molar-refractivity contribution in [1.29, 1.82) is 0 Å². The number of anilines is 3. The van der Waals surface area contributed by atoms with Crippen LogP contribution in [0.15, 0.2) is 42.5 Å². The Kier molecular flexibility index (Phi) is 4.75. The van der Waals surface area contributed by atoms with Gasteiger partial charge in [-0.1, -0.05) is 11.6 Å². The molecule has 0 spiro atoms. The molecule has 0 saturated heterocycles. The van der Waals surface area contributed by atoms with Gasteiger partial charge in [0.25, 0.3) is 5.91 Å². The zero-order valence-corrected chi connectivity index (χ0v) is 16.0. The van der Waals surface area contributed by atoms with Gasteiger partial charge in [-0.05, 0) is 49.7 Å². The molecule has 1 aliphatic heterocycles. The predicted octanol–water partition coefficient (Wildman–Crippen LogP) is 4.47. The second-order valence-electron chi connectivity index (χ2n) is 6.29. The van der Waals surface area contributed by atoms with Crippen LogP contribution in [-0.4, -0.2) is 22.7 Å². The number of hydrogen-bond acceptors (Lipinski definition) is 6. The number of aryl methyl sites for hydroxylation is 2. The average molecular weight is 397 g/mol. The third-order valence-corrected chi connectivity index (χ3v) is 4.39. The normalized spacial score (nSPS) is 12.0. The van der Waals surface area contributed by atoms with Gasteiger partial charge in [0.2, 0.25) is 6.79 Å². The van der Waals surface area contributed by atoms with Gasteiger partial charge < -0.3 is 20.1 Å². The molecule has 4 rings (SSSR count). The zero-order chi connectivity index (χ0) is 19.7. The number of ether oxygens (including phenoxy) is 2. The molecular formula is C20H17ClN4O3. The summed E-state index contributed by atoms with van der Waals surface area (Å²) >= 11 is 5.97. The number of benzene rings is 2. The molecule has 0 radical (unpaired) electrons. The van der Waals surface area contributed by atoms with Crippen molar-refractivity contribution in [3.05, 3.63) is 64.6 Å². The number of hydrogen-bond donors (Lipinski definition) is 2. The van der Waals surface area contributed by atoms with Crippen LogP contribution in [0.2, 0.25) is 5.02 Å². The van der Waals surface area contributed by atoms with E-state index in [0.29, 0.717) is 33.9 Å². The Morgan fingerprint density at radius 3 is 2.68 bits per heavy atom. The maximum Gasteiger partial charge on any atom is 0.274 e. The summed E-state index contributed by atoms with van der Waals surface area (Å²) in [6.45, 7) is 3.81.